The number of anilines is 3. The number of fused-ring (bicyclic) bond motifs is 9. The monoisotopic (exact) mass is 786 g/mol. The first kappa shape index (κ1) is 34.6. The number of hydrogen-bond acceptors (Lipinski definition) is 1. The Hall–Kier alpha value is -8.20. The highest BCUT2D eigenvalue weighted by Gasteiger charge is 2.23. The van der Waals surface area contributed by atoms with Gasteiger partial charge in [-0.15, -0.1) is 0 Å². The van der Waals surface area contributed by atoms with Crippen molar-refractivity contribution >= 4 is 71.2 Å². The number of aromatic nitrogens is 1. The van der Waals surface area contributed by atoms with Gasteiger partial charge in [-0.05, 0) is 137 Å². The van der Waals surface area contributed by atoms with Crippen LogP contribution < -0.4 is 4.90 Å². The average Bonchev–Trinajstić information content (AvgIpc) is 3.86. The first-order valence-electron chi connectivity index (χ1n) is 21.4. The van der Waals surface area contributed by atoms with Crippen molar-refractivity contribution in [2.45, 2.75) is 0 Å². The molecule has 1 aliphatic carbocycles. The van der Waals surface area contributed by atoms with E-state index in [-0.39, 0.29) is 0 Å². The van der Waals surface area contributed by atoms with Crippen LogP contribution in [0.3, 0.4) is 0 Å². The van der Waals surface area contributed by atoms with Crippen LogP contribution in [0.2, 0.25) is 0 Å². The molecule has 0 amide bonds. The van der Waals surface area contributed by atoms with Crippen LogP contribution in [0.4, 0.5) is 17.1 Å². The van der Waals surface area contributed by atoms with Crippen LogP contribution in [0.25, 0.3) is 104 Å². The van der Waals surface area contributed by atoms with Crippen LogP contribution in [0, 0.1) is 0 Å². The summed E-state index contributed by atoms with van der Waals surface area (Å²) in [5.41, 5.74) is 16.8. The third kappa shape index (κ3) is 5.30. The quantitative estimate of drug-likeness (QED) is 0.152. The molecule has 0 spiro atoms. The lowest BCUT2D eigenvalue weighted by Crippen LogP contribution is -2.10. The molecule has 1 aromatic heterocycles. The van der Waals surface area contributed by atoms with Crippen LogP contribution in [0.1, 0.15) is 0 Å². The molecule has 2 nitrogen and oxygen atoms in total. The summed E-state index contributed by atoms with van der Waals surface area (Å²) in [6, 6.07) is 84.8. The van der Waals surface area contributed by atoms with Crippen LogP contribution in [0.5, 0.6) is 0 Å². The smallest absolute Gasteiger partial charge is 0.0541 e. The van der Waals surface area contributed by atoms with Gasteiger partial charge in [0.25, 0.3) is 0 Å². The highest BCUT2D eigenvalue weighted by Crippen LogP contribution is 2.50. The van der Waals surface area contributed by atoms with E-state index in [1.54, 1.807) is 0 Å². The zero-order valence-corrected chi connectivity index (χ0v) is 33.8. The van der Waals surface area contributed by atoms with Crippen molar-refractivity contribution in [2.75, 3.05) is 4.90 Å². The van der Waals surface area contributed by atoms with Crippen LogP contribution in [-0.4, -0.2) is 4.57 Å². The van der Waals surface area contributed by atoms with Crippen molar-refractivity contribution < 1.29 is 0 Å². The molecule has 12 aromatic rings. The molecule has 62 heavy (non-hydrogen) atoms. The number of rotatable bonds is 6. The second kappa shape index (κ2) is 13.7. The normalized spacial score (nSPS) is 11.9. The minimum atomic E-state index is 1.09. The molecule has 0 atom stereocenters. The summed E-state index contributed by atoms with van der Waals surface area (Å²) in [5, 5.41) is 10.2. The Bertz CT molecular complexity index is 3680. The van der Waals surface area contributed by atoms with Gasteiger partial charge in [0.2, 0.25) is 0 Å². The van der Waals surface area contributed by atoms with Gasteiger partial charge in [0, 0.05) is 33.5 Å². The van der Waals surface area contributed by atoms with Crippen molar-refractivity contribution in [3.05, 3.63) is 231 Å². The first-order valence-corrected chi connectivity index (χ1v) is 21.4. The van der Waals surface area contributed by atoms with Crippen LogP contribution in [-0.2, 0) is 0 Å². The number of benzene rings is 11. The minimum Gasteiger partial charge on any atom is -0.310 e. The summed E-state index contributed by atoms with van der Waals surface area (Å²) < 4.78 is 2.40. The summed E-state index contributed by atoms with van der Waals surface area (Å²) in [7, 11) is 0. The highest BCUT2D eigenvalue weighted by molar-refractivity contribution is 6.19. The SMILES string of the molecule is c1cc(-c2ccc3c4c(cccc24)-c2ccccc2-3)cc(N(c2ccc(-c3ccc4c(ccc5ccccc54)c3)cc2)c2cccc(-n3c4ccccc4c4ccccc43)c2)c1. The van der Waals surface area contributed by atoms with E-state index in [0.717, 1.165) is 22.7 Å². The van der Waals surface area contributed by atoms with Crippen molar-refractivity contribution in [3.63, 3.8) is 0 Å². The fourth-order valence-electron chi connectivity index (χ4n) is 10.3. The third-order valence-corrected chi connectivity index (χ3v) is 13.1. The minimum absolute atomic E-state index is 1.09. The first-order chi connectivity index (χ1) is 30.7. The van der Waals surface area contributed by atoms with Gasteiger partial charge < -0.3 is 9.47 Å². The van der Waals surface area contributed by atoms with E-state index in [0.29, 0.717) is 0 Å². The highest BCUT2D eigenvalue weighted by atomic mass is 15.1. The molecule has 1 heterocycles. The van der Waals surface area contributed by atoms with Crippen LogP contribution in [0.15, 0.2) is 231 Å². The molecule has 0 unspecified atom stereocenters. The lowest BCUT2D eigenvalue weighted by Gasteiger charge is -2.27. The average molecular weight is 787 g/mol. The van der Waals surface area contributed by atoms with E-state index in [9.17, 15) is 0 Å². The predicted molar refractivity (Wildman–Crippen MR) is 263 cm³/mol. The van der Waals surface area contributed by atoms with E-state index >= 15 is 0 Å². The molecule has 0 saturated heterocycles. The van der Waals surface area contributed by atoms with Crippen molar-refractivity contribution in [2.24, 2.45) is 0 Å². The van der Waals surface area contributed by atoms with Gasteiger partial charge >= 0.3 is 0 Å². The maximum Gasteiger partial charge on any atom is 0.0541 e. The van der Waals surface area contributed by atoms with E-state index < -0.39 is 0 Å². The summed E-state index contributed by atoms with van der Waals surface area (Å²) in [5.74, 6) is 0. The maximum absolute atomic E-state index is 2.41. The number of hydrogen-bond donors (Lipinski definition) is 0. The lowest BCUT2D eigenvalue weighted by atomic mass is 9.94. The summed E-state index contributed by atoms with van der Waals surface area (Å²) in [4.78, 5) is 2.41. The van der Waals surface area contributed by atoms with Gasteiger partial charge in [0.1, 0.15) is 0 Å². The van der Waals surface area contributed by atoms with Gasteiger partial charge in [0.05, 0.1) is 11.0 Å². The molecule has 0 N–H and O–H groups in total. The summed E-state index contributed by atoms with van der Waals surface area (Å²) in [6.45, 7) is 0. The van der Waals surface area contributed by atoms with Gasteiger partial charge in [-0.3, -0.25) is 0 Å². The Morgan fingerprint density at radius 1 is 0.274 bits per heavy atom. The molecular formula is C60H38N2. The fourth-order valence-corrected chi connectivity index (χ4v) is 10.3. The van der Waals surface area contributed by atoms with E-state index in [1.165, 1.54) is 98.6 Å². The molecule has 13 rings (SSSR count). The molecule has 1 aliphatic rings. The van der Waals surface area contributed by atoms with E-state index in [2.05, 4.69) is 240 Å². The topological polar surface area (TPSA) is 8.17 Å². The Balaban J connectivity index is 0.962. The van der Waals surface area contributed by atoms with Crippen molar-refractivity contribution in [1.29, 1.82) is 0 Å². The molecule has 11 aromatic carbocycles. The molecule has 0 saturated carbocycles. The van der Waals surface area contributed by atoms with Crippen molar-refractivity contribution in [3.8, 4) is 50.2 Å². The van der Waals surface area contributed by atoms with E-state index in [1.807, 2.05) is 0 Å². The number of para-hydroxylation sites is 2. The summed E-state index contributed by atoms with van der Waals surface area (Å²) in [6.07, 6.45) is 0. The Morgan fingerprint density at radius 3 is 1.63 bits per heavy atom. The Kier molecular flexibility index (Phi) is 7.64. The Morgan fingerprint density at radius 2 is 0.839 bits per heavy atom. The second-order valence-corrected chi connectivity index (χ2v) is 16.5. The van der Waals surface area contributed by atoms with Gasteiger partial charge in [-0.2, -0.15) is 0 Å². The standard InChI is InChI=1S/C60H38N2/c1-2-17-48-40(12-1)26-27-43-36-41(30-33-49(43)48)39-28-31-44(32-29-39)61(46-15-10-16-47(38-46)62-58-24-7-5-20-53(58)54-21-6-8-25-59(54)62)45-14-9-13-42(37-45)50-34-35-57-52-19-4-3-18-51(52)56-23-11-22-55(50)60(56)57/h1-38H. The molecule has 0 bridgehead atoms. The van der Waals surface area contributed by atoms with Gasteiger partial charge in [-0.1, -0.05) is 170 Å². The molecule has 0 fully saturated rings. The van der Waals surface area contributed by atoms with Gasteiger partial charge in [-0.25, -0.2) is 0 Å². The number of nitrogens with zero attached hydrogens (tertiary/aromatic N) is 2. The zero-order chi connectivity index (χ0) is 40.7. The fraction of sp³-hybridized carbons (Fsp3) is 0. The maximum atomic E-state index is 2.41. The zero-order valence-electron chi connectivity index (χ0n) is 33.8. The third-order valence-electron chi connectivity index (χ3n) is 13.1. The Labute approximate surface area is 359 Å². The van der Waals surface area contributed by atoms with Crippen molar-refractivity contribution in [1.82, 2.24) is 4.57 Å². The molecule has 0 aliphatic heterocycles. The molecular weight excluding hydrogens is 749 g/mol. The molecule has 288 valence electrons. The molecule has 0 radical (unpaired) electrons. The summed E-state index contributed by atoms with van der Waals surface area (Å²) >= 11 is 0. The predicted octanol–water partition coefficient (Wildman–Crippen LogP) is 16.7. The second-order valence-electron chi connectivity index (χ2n) is 16.5. The largest absolute Gasteiger partial charge is 0.310 e. The van der Waals surface area contributed by atoms with E-state index in [4.69, 9.17) is 0 Å². The van der Waals surface area contributed by atoms with Crippen LogP contribution >= 0.6 is 0 Å². The van der Waals surface area contributed by atoms with Gasteiger partial charge in [0.15, 0.2) is 0 Å². The molecule has 2 heteroatoms. The lowest BCUT2D eigenvalue weighted by molar-refractivity contribution is 1.17.